The molecule has 2 heterocycles. The molecule has 1 N–H and O–H groups in total. The number of nitrogens with one attached hydrogen (secondary N) is 1. The minimum absolute atomic E-state index is 0.643. The summed E-state index contributed by atoms with van der Waals surface area (Å²) in [6.07, 6.45) is 6.24. The van der Waals surface area contributed by atoms with Crippen molar-refractivity contribution >= 4 is 5.82 Å². The maximum absolute atomic E-state index is 4.61. The Hall–Kier alpha value is -1.20. The number of hydrogen-bond donors (Lipinski definition) is 1. The van der Waals surface area contributed by atoms with E-state index in [1.807, 2.05) is 19.4 Å². The van der Waals surface area contributed by atoms with Gasteiger partial charge in [0.15, 0.2) is 0 Å². The maximum atomic E-state index is 4.61. The maximum Gasteiger partial charge on any atom is 0.147 e. The Labute approximate surface area is 109 Å². The van der Waals surface area contributed by atoms with E-state index in [2.05, 4.69) is 39.2 Å². The van der Waals surface area contributed by atoms with Crippen molar-refractivity contribution in [3.8, 4) is 0 Å². The molecule has 0 aliphatic carbocycles. The molecule has 5 nitrogen and oxygen atoms in total. The molecule has 0 amide bonds. The smallest absolute Gasteiger partial charge is 0.147 e. The van der Waals surface area contributed by atoms with Crippen molar-refractivity contribution in [2.24, 2.45) is 0 Å². The summed E-state index contributed by atoms with van der Waals surface area (Å²) in [7, 11) is 6.22. The Morgan fingerprint density at radius 2 is 2.33 bits per heavy atom. The first-order valence-corrected chi connectivity index (χ1v) is 6.57. The van der Waals surface area contributed by atoms with Gasteiger partial charge in [-0.15, -0.1) is 0 Å². The summed E-state index contributed by atoms with van der Waals surface area (Å²) in [4.78, 5) is 13.5. The first-order valence-electron chi connectivity index (χ1n) is 6.57. The lowest BCUT2D eigenvalue weighted by atomic mass is 10.2. The number of aromatic nitrogens is 2. The van der Waals surface area contributed by atoms with Crippen molar-refractivity contribution in [3.05, 3.63) is 18.1 Å². The topological polar surface area (TPSA) is 44.3 Å². The van der Waals surface area contributed by atoms with Crippen LogP contribution in [0.4, 0.5) is 5.82 Å². The van der Waals surface area contributed by atoms with Gasteiger partial charge in [-0.1, -0.05) is 0 Å². The average Bonchev–Trinajstić information content (AvgIpc) is 2.76. The molecule has 1 fully saturated rings. The van der Waals surface area contributed by atoms with Gasteiger partial charge in [0, 0.05) is 32.4 Å². The molecule has 5 heteroatoms. The molecule has 0 spiro atoms. The fourth-order valence-electron chi connectivity index (χ4n) is 2.46. The molecule has 0 bridgehead atoms. The molecule has 0 radical (unpaired) electrons. The van der Waals surface area contributed by atoms with Crippen LogP contribution in [-0.2, 0) is 6.54 Å². The summed E-state index contributed by atoms with van der Waals surface area (Å²) in [5.41, 5.74) is 0.988. The van der Waals surface area contributed by atoms with Gasteiger partial charge in [-0.05, 0) is 33.5 Å². The van der Waals surface area contributed by atoms with Crippen molar-refractivity contribution < 1.29 is 0 Å². The van der Waals surface area contributed by atoms with E-state index in [0.29, 0.717) is 6.04 Å². The van der Waals surface area contributed by atoms with Gasteiger partial charge in [-0.3, -0.25) is 4.98 Å². The van der Waals surface area contributed by atoms with E-state index in [9.17, 15) is 0 Å². The van der Waals surface area contributed by atoms with Gasteiger partial charge in [0.05, 0.1) is 11.9 Å². The second-order valence-electron chi connectivity index (χ2n) is 5.06. The lowest BCUT2D eigenvalue weighted by molar-refractivity contribution is 0.314. The highest BCUT2D eigenvalue weighted by Gasteiger charge is 2.22. The molecule has 1 atom stereocenters. The Balaban J connectivity index is 1.99. The lowest BCUT2D eigenvalue weighted by Gasteiger charge is -2.26. The van der Waals surface area contributed by atoms with Crippen LogP contribution in [0, 0.1) is 0 Å². The quantitative estimate of drug-likeness (QED) is 0.833. The van der Waals surface area contributed by atoms with Crippen LogP contribution in [0.15, 0.2) is 12.4 Å². The molecule has 100 valence electrons. The molecular weight excluding hydrogens is 226 g/mol. The Morgan fingerprint density at radius 1 is 1.50 bits per heavy atom. The van der Waals surface area contributed by atoms with E-state index in [-0.39, 0.29) is 0 Å². The van der Waals surface area contributed by atoms with E-state index >= 15 is 0 Å². The van der Waals surface area contributed by atoms with E-state index in [1.54, 1.807) is 0 Å². The van der Waals surface area contributed by atoms with Crippen LogP contribution >= 0.6 is 0 Å². The van der Waals surface area contributed by atoms with Crippen LogP contribution in [0.3, 0.4) is 0 Å². The van der Waals surface area contributed by atoms with Crippen LogP contribution in [0.25, 0.3) is 0 Å². The third kappa shape index (κ3) is 3.17. The van der Waals surface area contributed by atoms with Crippen molar-refractivity contribution in [1.29, 1.82) is 0 Å². The summed E-state index contributed by atoms with van der Waals surface area (Å²) in [5, 5.41) is 3.10. The van der Waals surface area contributed by atoms with Gasteiger partial charge >= 0.3 is 0 Å². The molecule has 1 aromatic rings. The van der Waals surface area contributed by atoms with E-state index in [4.69, 9.17) is 0 Å². The van der Waals surface area contributed by atoms with Crippen LogP contribution in [0.2, 0.25) is 0 Å². The number of likely N-dealkylation sites (tertiary alicyclic amines) is 1. The van der Waals surface area contributed by atoms with Gasteiger partial charge in [0.1, 0.15) is 5.82 Å². The Kier molecular flexibility index (Phi) is 4.49. The Morgan fingerprint density at radius 3 is 3.00 bits per heavy atom. The van der Waals surface area contributed by atoms with Crippen LogP contribution in [0.5, 0.6) is 0 Å². The number of nitrogens with zero attached hydrogens (tertiary/aromatic N) is 4. The number of likely N-dealkylation sites (N-methyl/N-ethyl adjacent to an activating group) is 2. The highest BCUT2D eigenvalue weighted by atomic mass is 15.2. The molecule has 1 aliphatic rings. The van der Waals surface area contributed by atoms with Crippen molar-refractivity contribution in [2.45, 2.75) is 25.4 Å². The minimum Gasteiger partial charge on any atom is -0.357 e. The standard InChI is InChI=1S/C13H23N5/c1-14-7-11-8-15-9-13(16-11)18(3)10-12-5-4-6-17(12)2/h8-9,12,14H,4-7,10H2,1-3H3. The van der Waals surface area contributed by atoms with Crippen molar-refractivity contribution in [3.63, 3.8) is 0 Å². The number of rotatable bonds is 5. The molecule has 0 aromatic carbocycles. The first kappa shape index (κ1) is 13.2. The van der Waals surface area contributed by atoms with Crippen LogP contribution in [0.1, 0.15) is 18.5 Å². The summed E-state index contributed by atoms with van der Waals surface area (Å²) in [5.74, 6) is 0.961. The van der Waals surface area contributed by atoms with E-state index < -0.39 is 0 Å². The monoisotopic (exact) mass is 249 g/mol. The zero-order valence-corrected chi connectivity index (χ0v) is 11.6. The van der Waals surface area contributed by atoms with Gasteiger partial charge in [-0.2, -0.15) is 0 Å². The summed E-state index contributed by atoms with van der Waals surface area (Å²) in [6, 6.07) is 0.643. The zero-order chi connectivity index (χ0) is 13.0. The third-order valence-electron chi connectivity index (χ3n) is 3.58. The van der Waals surface area contributed by atoms with Gasteiger partial charge < -0.3 is 15.1 Å². The largest absolute Gasteiger partial charge is 0.357 e. The van der Waals surface area contributed by atoms with E-state index in [0.717, 1.165) is 24.6 Å². The zero-order valence-electron chi connectivity index (χ0n) is 11.6. The van der Waals surface area contributed by atoms with E-state index in [1.165, 1.54) is 19.4 Å². The summed E-state index contributed by atoms with van der Waals surface area (Å²) >= 11 is 0. The number of anilines is 1. The predicted molar refractivity (Wildman–Crippen MR) is 73.7 cm³/mol. The van der Waals surface area contributed by atoms with Crippen molar-refractivity contribution in [2.75, 3.05) is 39.1 Å². The molecule has 1 unspecified atom stereocenters. The highest BCUT2D eigenvalue weighted by molar-refractivity contribution is 5.35. The SMILES string of the molecule is CNCc1cncc(N(C)CC2CCCN2C)n1. The normalized spacial score (nSPS) is 20.3. The molecular formula is C13H23N5. The molecule has 1 saturated heterocycles. The minimum atomic E-state index is 0.643. The predicted octanol–water partition coefficient (Wildman–Crippen LogP) is 0.726. The molecule has 0 saturated carbocycles. The van der Waals surface area contributed by atoms with Crippen LogP contribution < -0.4 is 10.2 Å². The second-order valence-corrected chi connectivity index (χ2v) is 5.06. The van der Waals surface area contributed by atoms with Gasteiger partial charge in [-0.25, -0.2) is 4.98 Å². The number of hydrogen-bond acceptors (Lipinski definition) is 5. The fourth-order valence-corrected chi connectivity index (χ4v) is 2.46. The summed E-state index contributed by atoms with van der Waals surface area (Å²) in [6.45, 7) is 3.00. The fraction of sp³-hybridized carbons (Fsp3) is 0.692. The third-order valence-corrected chi connectivity index (χ3v) is 3.58. The summed E-state index contributed by atoms with van der Waals surface area (Å²) < 4.78 is 0. The van der Waals surface area contributed by atoms with Crippen molar-refractivity contribution in [1.82, 2.24) is 20.2 Å². The highest BCUT2D eigenvalue weighted by Crippen LogP contribution is 2.17. The van der Waals surface area contributed by atoms with Gasteiger partial charge in [0.2, 0.25) is 0 Å². The molecule has 18 heavy (non-hydrogen) atoms. The molecule has 2 rings (SSSR count). The lowest BCUT2D eigenvalue weighted by Crippen LogP contribution is -2.37. The van der Waals surface area contributed by atoms with Crippen LogP contribution in [-0.4, -0.2) is 55.1 Å². The molecule has 1 aliphatic heterocycles. The first-order chi connectivity index (χ1) is 8.70. The Bertz CT molecular complexity index is 381. The second kappa shape index (κ2) is 6.11. The molecule has 1 aromatic heterocycles. The van der Waals surface area contributed by atoms with Gasteiger partial charge in [0.25, 0.3) is 0 Å². The average molecular weight is 249 g/mol.